The number of para-hydroxylation sites is 2. The maximum Gasteiger partial charge on any atom is 0.160 e. The Balaban J connectivity index is 1.97. The first kappa shape index (κ1) is 12.7. The standard InChI is InChI=1S/C15H18O2Si/c1-11-6-5-9-15(12(11)2)18-10-17-14-8-4-3-7-13(14)16/h3-9,16H,10,18H2,1-2H3. The van der Waals surface area contributed by atoms with Gasteiger partial charge in [0.2, 0.25) is 0 Å². The quantitative estimate of drug-likeness (QED) is 0.848. The molecule has 0 saturated carbocycles. The minimum absolute atomic E-state index is 0.215. The van der Waals surface area contributed by atoms with Crippen molar-refractivity contribution < 1.29 is 9.84 Å². The zero-order chi connectivity index (χ0) is 13.0. The number of aryl methyl sites for hydroxylation is 1. The summed E-state index contributed by atoms with van der Waals surface area (Å²) in [4.78, 5) is 0. The summed E-state index contributed by atoms with van der Waals surface area (Å²) in [6.07, 6.45) is 0.710. The Kier molecular flexibility index (Phi) is 4.05. The van der Waals surface area contributed by atoms with Gasteiger partial charge in [0.1, 0.15) is 0 Å². The fourth-order valence-corrected chi connectivity index (χ4v) is 3.43. The van der Waals surface area contributed by atoms with E-state index in [0.29, 0.717) is 12.0 Å². The first-order valence-corrected chi connectivity index (χ1v) is 7.85. The van der Waals surface area contributed by atoms with Crippen molar-refractivity contribution in [3.63, 3.8) is 0 Å². The smallest absolute Gasteiger partial charge is 0.160 e. The molecule has 0 radical (unpaired) electrons. The molecule has 1 N–H and O–H groups in total. The summed E-state index contributed by atoms with van der Waals surface area (Å²) in [5, 5.41) is 11.0. The Morgan fingerprint density at radius 3 is 2.61 bits per heavy atom. The molecule has 2 aromatic carbocycles. The lowest BCUT2D eigenvalue weighted by molar-refractivity contribution is 0.353. The minimum Gasteiger partial charge on any atom is -0.504 e. The Morgan fingerprint density at radius 1 is 1.06 bits per heavy atom. The number of aromatic hydroxyl groups is 1. The second-order valence-electron chi connectivity index (χ2n) is 4.43. The van der Waals surface area contributed by atoms with Gasteiger partial charge in [0.15, 0.2) is 11.5 Å². The van der Waals surface area contributed by atoms with Crippen molar-refractivity contribution in [2.45, 2.75) is 13.8 Å². The van der Waals surface area contributed by atoms with E-state index in [0.717, 1.165) is 0 Å². The molecule has 0 aliphatic carbocycles. The molecule has 18 heavy (non-hydrogen) atoms. The van der Waals surface area contributed by atoms with Crippen LogP contribution in [-0.2, 0) is 0 Å². The maximum atomic E-state index is 9.60. The second kappa shape index (κ2) is 5.73. The van der Waals surface area contributed by atoms with E-state index in [2.05, 4.69) is 32.0 Å². The minimum atomic E-state index is -0.455. The molecule has 0 aliphatic rings. The average Bonchev–Trinajstić information content (AvgIpc) is 2.37. The lowest BCUT2D eigenvalue weighted by Gasteiger charge is -2.10. The monoisotopic (exact) mass is 258 g/mol. The summed E-state index contributed by atoms with van der Waals surface area (Å²) in [6, 6.07) is 13.5. The van der Waals surface area contributed by atoms with E-state index in [9.17, 15) is 5.11 Å². The van der Waals surface area contributed by atoms with E-state index in [1.165, 1.54) is 16.3 Å². The number of hydrogen-bond donors (Lipinski definition) is 1. The van der Waals surface area contributed by atoms with Gasteiger partial charge in [-0.3, -0.25) is 0 Å². The van der Waals surface area contributed by atoms with E-state index in [1.807, 2.05) is 6.07 Å². The molecule has 0 fully saturated rings. The molecule has 0 aromatic heterocycles. The lowest BCUT2D eigenvalue weighted by Crippen LogP contribution is -2.24. The molecule has 0 bridgehead atoms. The average molecular weight is 258 g/mol. The highest BCUT2D eigenvalue weighted by molar-refractivity contribution is 6.54. The maximum absolute atomic E-state index is 9.60. The highest BCUT2D eigenvalue weighted by Crippen LogP contribution is 2.23. The molecule has 2 nitrogen and oxygen atoms in total. The van der Waals surface area contributed by atoms with Gasteiger partial charge in [-0.15, -0.1) is 0 Å². The van der Waals surface area contributed by atoms with Crippen LogP contribution < -0.4 is 9.92 Å². The lowest BCUT2D eigenvalue weighted by atomic mass is 10.1. The van der Waals surface area contributed by atoms with Crippen molar-refractivity contribution in [1.82, 2.24) is 0 Å². The zero-order valence-corrected chi connectivity index (χ0v) is 12.2. The van der Waals surface area contributed by atoms with Crippen LogP contribution in [0.1, 0.15) is 11.1 Å². The Hall–Kier alpha value is -1.74. The fraction of sp³-hybridized carbons (Fsp3) is 0.200. The Morgan fingerprint density at radius 2 is 1.83 bits per heavy atom. The molecule has 0 saturated heterocycles. The summed E-state index contributed by atoms with van der Waals surface area (Å²) < 4.78 is 5.65. The van der Waals surface area contributed by atoms with Crippen molar-refractivity contribution in [3.05, 3.63) is 53.6 Å². The summed E-state index contributed by atoms with van der Waals surface area (Å²) >= 11 is 0. The number of phenolic OH excluding ortho intramolecular Hbond substituents is 1. The first-order valence-electron chi connectivity index (χ1n) is 6.14. The highest BCUT2D eigenvalue weighted by atomic mass is 28.2. The van der Waals surface area contributed by atoms with Gasteiger partial charge in [-0.25, -0.2) is 0 Å². The molecular formula is C15H18O2Si. The summed E-state index contributed by atoms with van der Waals surface area (Å²) in [6.45, 7) is 4.30. The first-order chi connectivity index (χ1) is 8.68. The SMILES string of the molecule is Cc1cccc([SiH2]COc2ccccc2O)c1C. The molecule has 0 spiro atoms. The normalized spacial score (nSPS) is 11.0. The molecule has 2 aromatic rings. The molecule has 94 valence electrons. The van der Waals surface area contributed by atoms with Crippen LogP contribution in [0.15, 0.2) is 42.5 Å². The predicted molar refractivity (Wildman–Crippen MR) is 77.7 cm³/mol. The van der Waals surface area contributed by atoms with E-state index >= 15 is 0 Å². The van der Waals surface area contributed by atoms with E-state index in [-0.39, 0.29) is 5.75 Å². The van der Waals surface area contributed by atoms with Crippen LogP contribution in [-0.4, -0.2) is 20.9 Å². The molecule has 0 amide bonds. The molecule has 0 heterocycles. The third kappa shape index (κ3) is 2.93. The van der Waals surface area contributed by atoms with Gasteiger partial charge in [-0.1, -0.05) is 35.5 Å². The molecule has 0 atom stereocenters. The van der Waals surface area contributed by atoms with Gasteiger partial charge in [-0.05, 0) is 37.1 Å². The summed E-state index contributed by atoms with van der Waals surface area (Å²) in [5.74, 6) is 0.794. The third-order valence-electron chi connectivity index (χ3n) is 3.21. The van der Waals surface area contributed by atoms with Crippen LogP contribution in [0.2, 0.25) is 0 Å². The van der Waals surface area contributed by atoms with Gasteiger partial charge in [0.05, 0.1) is 15.7 Å². The third-order valence-corrected chi connectivity index (χ3v) is 4.92. The molecular weight excluding hydrogens is 240 g/mol. The van der Waals surface area contributed by atoms with Gasteiger partial charge in [0.25, 0.3) is 0 Å². The van der Waals surface area contributed by atoms with E-state index < -0.39 is 9.52 Å². The van der Waals surface area contributed by atoms with Crippen molar-refractivity contribution in [1.29, 1.82) is 0 Å². The highest BCUT2D eigenvalue weighted by Gasteiger charge is 2.03. The van der Waals surface area contributed by atoms with Crippen LogP contribution in [0.5, 0.6) is 11.5 Å². The molecule has 0 aliphatic heterocycles. The summed E-state index contributed by atoms with van der Waals surface area (Å²) in [7, 11) is -0.455. The van der Waals surface area contributed by atoms with Gasteiger partial charge in [-0.2, -0.15) is 0 Å². The van der Waals surface area contributed by atoms with Crippen LogP contribution in [0.25, 0.3) is 0 Å². The second-order valence-corrected chi connectivity index (χ2v) is 6.10. The van der Waals surface area contributed by atoms with Gasteiger partial charge >= 0.3 is 0 Å². The molecule has 2 rings (SSSR count). The van der Waals surface area contributed by atoms with E-state index in [1.54, 1.807) is 18.2 Å². The molecule has 3 heteroatoms. The van der Waals surface area contributed by atoms with Gasteiger partial charge in [0, 0.05) is 0 Å². The summed E-state index contributed by atoms with van der Waals surface area (Å²) in [5.41, 5.74) is 2.72. The van der Waals surface area contributed by atoms with Gasteiger partial charge < -0.3 is 9.84 Å². The largest absolute Gasteiger partial charge is 0.504 e. The zero-order valence-electron chi connectivity index (χ0n) is 10.8. The molecule has 0 unspecified atom stereocenters. The van der Waals surface area contributed by atoms with Crippen molar-refractivity contribution in [2.24, 2.45) is 0 Å². The van der Waals surface area contributed by atoms with Crippen LogP contribution >= 0.6 is 0 Å². The fourth-order valence-electron chi connectivity index (χ4n) is 1.93. The number of benzene rings is 2. The number of ether oxygens (including phenoxy) is 1. The predicted octanol–water partition coefficient (Wildman–Crippen LogP) is 1.84. The van der Waals surface area contributed by atoms with Crippen LogP contribution in [0, 0.1) is 13.8 Å². The number of hydrogen-bond acceptors (Lipinski definition) is 2. The number of phenols is 1. The van der Waals surface area contributed by atoms with Crippen LogP contribution in [0.4, 0.5) is 0 Å². The Labute approximate surface area is 110 Å². The van der Waals surface area contributed by atoms with E-state index in [4.69, 9.17) is 4.74 Å². The van der Waals surface area contributed by atoms with Crippen molar-refractivity contribution in [3.8, 4) is 11.5 Å². The van der Waals surface area contributed by atoms with Crippen molar-refractivity contribution in [2.75, 3.05) is 6.23 Å². The Bertz CT molecular complexity index is 538. The number of rotatable bonds is 4. The van der Waals surface area contributed by atoms with Crippen molar-refractivity contribution >= 4 is 14.7 Å². The topological polar surface area (TPSA) is 29.5 Å². The van der Waals surface area contributed by atoms with Crippen LogP contribution in [0.3, 0.4) is 0 Å².